The van der Waals surface area contributed by atoms with Gasteiger partial charge in [-0.2, -0.15) is 0 Å². The lowest BCUT2D eigenvalue weighted by atomic mass is 10.2. The Balaban J connectivity index is 4.01. The van der Waals surface area contributed by atoms with Gasteiger partial charge >= 0.3 is 5.97 Å². The fraction of sp³-hybridized carbons (Fsp3) is 0.800. The van der Waals surface area contributed by atoms with Crippen molar-refractivity contribution >= 4 is 5.97 Å². The van der Waals surface area contributed by atoms with Crippen LogP contribution in [0.15, 0.2) is 5.11 Å². The summed E-state index contributed by atoms with van der Waals surface area (Å²) in [5, 5.41) is 11.2. The van der Waals surface area contributed by atoms with Gasteiger partial charge in [-0.25, -0.2) is 0 Å². The zero-order valence-electron chi connectivity index (χ0n) is 7.77. The Hall–Kier alpha value is -1.26. The van der Waals surface area contributed by atoms with Crippen molar-refractivity contribution in [2.75, 3.05) is 6.50 Å². The number of nitrogens with two attached hydrogens (primary N) is 1. The maximum atomic E-state index is 10.2. The molecule has 0 amide bonds. The van der Waals surface area contributed by atoms with Crippen molar-refractivity contribution < 1.29 is 12.6 Å². The van der Waals surface area contributed by atoms with E-state index in [1.165, 1.54) is 0 Å². The standard InChI is InChI=1S/C5H10N4O2/c6-4(5(10)11)2-1-3-8-9-7/h4H,1-3,6H2,(H,10,11)/t4-/m0/s1/i3D2. The molecular formula is C5H10N4O2. The predicted octanol–water partition coefficient (Wildman–Crippen LogP) is 0.489. The number of aliphatic carboxylic acids is 1. The number of carbonyl (C=O) groups is 1. The van der Waals surface area contributed by atoms with Crippen LogP contribution in [0.4, 0.5) is 0 Å². The van der Waals surface area contributed by atoms with Gasteiger partial charge in [-0.3, -0.25) is 4.79 Å². The number of azide groups is 1. The lowest BCUT2D eigenvalue weighted by molar-refractivity contribution is -0.138. The third kappa shape index (κ3) is 5.20. The Kier molecular flexibility index (Phi) is 3.24. The SMILES string of the molecule is [2H]C([2H])(CC[C@H](N)C(=O)O)N=[N+]=[N-]. The van der Waals surface area contributed by atoms with Gasteiger partial charge in [0.25, 0.3) is 0 Å². The highest BCUT2D eigenvalue weighted by Crippen LogP contribution is 1.94. The lowest BCUT2D eigenvalue weighted by Gasteiger charge is -2.02. The molecule has 0 fully saturated rings. The van der Waals surface area contributed by atoms with E-state index < -0.39 is 18.5 Å². The Morgan fingerprint density at radius 1 is 2.00 bits per heavy atom. The van der Waals surface area contributed by atoms with Gasteiger partial charge in [-0.15, -0.1) is 0 Å². The Morgan fingerprint density at radius 3 is 3.09 bits per heavy atom. The maximum absolute atomic E-state index is 10.2. The first-order valence-corrected chi connectivity index (χ1v) is 2.94. The molecule has 0 radical (unpaired) electrons. The summed E-state index contributed by atoms with van der Waals surface area (Å²) < 4.78 is 14.1. The van der Waals surface area contributed by atoms with E-state index in [-0.39, 0.29) is 12.8 Å². The summed E-state index contributed by atoms with van der Waals surface area (Å²) >= 11 is 0. The van der Waals surface area contributed by atoms with Gasteiger partial charge in [0.1, 0.15) is 6.04 Å². The van der Waals surface area contributed by atoms with Crippen LogP contribution in [0.5, 0.6) is 0 Å². The zero-order chi connectivity index (χ0) is 10.5. The molecule has 3 N–H and O–H groups in total. The highest BCUT2D eigenvalue weighted by molar-refractivity contribution is 5.72. The highest BCUT2D eigenvalue weighted by Gasteiger charge is 2.09. The zero-order valence-corrected chi connectivity index (χ0v) is 5.77. The van der Waals surface area contributed by atoms with Crippen LogP contribution in [0.3, 0.4) is 0 Å². The maximum Gasteiger partial charge on any atom is 0.320 e. The van der Waals surface area contributed by atoms with E-state index in [4.69, 9.17) is 19.1 Å². The first-order chi connectivity index (χ1) is 5.89. The molecule has 0 rings (SSSR count). The molecule has 62 valence electrons. The minimum Gasteiger partial charge on any atom is -0.480 e. The minimum absolute atomic E-state index is 0.0681. The first kappa shape index (κ1) is 6.45. The van der Waals surface area contributed by atoms with Crippen molar-refractivity contribution in [3.05, 3.63) is 10.4 Å². The number of rotatable bonds is 5. The van der Waals surface area contributed by atoms with Crippen LogP contribution >= 0.6 is 0 Å². The molecule has 0 saturated heterocycles. The quantitative estimate of drug-likeness (QED) is 0.346. The van der Waals surface area contributed by atoms with E-state index in [9.17, 15) is 4.79 Å². The fourth-order valence-corrected chi connectivity index (χ4v) is 0.425. The van der Waals surface area contributed by atoms with Gasteiger partial charge in [0.05, 0.1) is 0 Å². The second kappa shape index (κ2) is 5.52. The van der Waals surface area contributed by atoms with Gasteiger partial charge in [0.15, 0.2) is 0 Å². The second-order valence-corrected chi connectivity index (χ2v) is 1.83. The van der Waals surface area contributed by atoms with Crippen molar-refractivity contribution in [3.8, 4) is 0 Å². The third-order valence-corrected chi connectivity index (χ3v) is 1.000. The Bertz CT molecular complexity index is 239. The molecule has 6 nitrogen and oxygen atoms in total. The van der Waals surface area contributed by atoms with E-state index in [0.29, 0.717) is 0 Å². The number of hydrogen-bond donors (Lipinski definition) is 2. The molecule has 1 atom stereocenters. The monoisotopic (exact) mass is 160 g/mol. The van der Waals surface area contributed by atoms with Gasteiger partial charge in [0.2, 0.25) is 0 Å². The summed E-state index contributed by atoms with van der Waals surface area (Å²) in [4.78, 5) is 12.5. The smallest absolute Gasteiger partial charge is 0.320 e. The van der Waals surface area contributed by atoms with Gasteiger partial charge in [-0.1, -0.05) is 5.11 Å². The van der Waals surface area contributed by atoms with Crippen molar-refractivity contribution in [2.24, 2.45) is 10.8 Å². The average Bonchev–Trinajstić information content (AvgIpc) is 2.00. The lowest BCUT2D eigenvalue weighted by Crippen LogP contribution is -2.29. The third-order valence-electron chi connectivity index (χ3n) is 1.000. The van der Waals surface area contributed by atoms with Gasteiger partial charge in [-0.05, 0) is 18.4 Å². The molecule has 0 aromatic rings. The summed E-state index contributed by atoms with van der Waals surface area (Å²) in [5.41, 5.74) is 13.1. The van der Waals surface area contributed by atoms with Crippen LogP contribution in [-0.2, 0) is 4.79 Å². The van der Waals surface area contributed by atoms with Crippen molar-refractivity contribution in [1.82, 2.24) is 0 Å². The van der Waals surface area contributed by atoms with E-state index >= 15 is 0 Å². The van der Waals surface area contributed by atoms with E-state index in [0.717, 1.165) is 0 Å². The minimum atomic E-state index is -2.07. The first-order valence-electron chi connectivity index (χ1n) is 3.94. The molecule has 0 aliphatic carbocycles. The van der Waals surface area contributed by atoms with E-state index in [2.05, 4.69) is 10.0 Å². The number of carboxylic acid groups (broad SMARTS) is 1. The summed E-state index contributed by atoms with van der Waals surface area (Å²) in [6.07, 6.45) is -0.272. The molecule has 0 bridgehead atoms. The number of carboxylic acids is 1. The average molecular weight is 160 g/mol. The molecule has 0 aromatic heterocycles. The highest BCUT2D eigenvalue weighted by atomic mass is 16.4. The molecule has 0 aromatic carbocycles. The molecule has 0 spiro atoms. The molecule has 6 heteroatoms. The number of hydrogen-bond acceptors (Lipinski definition) is 3. The Morgan fingerprint density at radius 2 is 2.64 bits per heavy atom. The van der Waals surface area contributed by atoms with Crippen LogP contribution in [0.1, 0.15) is 15.6 Å². The van der Waals surface area contributed by atoms with Crippen molar-refractivity contribution in [1.29, 1.82) is 0 Å². The molecular weight excluding hydrogens is 148 g/mol. The van der Waals surface area contributed by atoms with E-state index in [1.807, 2.05) is 0 Å². The van der Waals surface area contributed by atoms with Crippen LogP contribution in [-0.4, -0.2) is 23.6 Å². The topological polar surface area (TPSA) is 112 Å². The van der Waals surface area contributed by atoms with Crippen LogP contribution < -0.4 is 5.73 Å². The summed E-state index contributed by atoms with van der Waals surface area (Å²) in [7, 11) is 0. The fourth-order valence-electron chi connectivity index (χ4n) is 0.425. The van der Waals surface area contributed by atoms with Crippen molar-refractivity contribution in [3.63, 3.8) is 0 Å². The van der Waals surface area contributed by atoms with Crippen LogP contribution in [0.25, 0.3) is 10.4 Å². The second-order valence-electron chi connectivity index (χ2n) is 1.83. The van der Waals surface area contributed by atoms with Crippen LogP contribution in [0.2, 0.25) is 0 Å². The largest absolute Gasteiger partial charge is 0.480 e. The van der Waals surface area contributed by atoms with Gasteiger partial charge in [0, 0.05) is 14.2 Å². The van der Waals surface area contributed by atoms with E-state index in [1.54, 1.807) is 0 Å². The summed E-state index contributed by atoms with van der Waals surface area (Å²) in [6.45, 7) is -2.07. The molecule has 0 aliphatic rings. The molecule has 0 unspecified atom stereocenters. The van der Waals surface area contributed by atoms with Gasteiger partial charge < -0.3 is 10.8 Å². The normalized spacial score (nSPS) is 15.7. The Labute approximate surface area is 66.4 Å². The molecule has 0 heterocycles. The molecule has 0 saturated carbocycles. The number of nitrogens with zero attached hydrogens (tertiary/aromatic N) is 3. The molecule has 0 aliphatic heterocycles. The predicted molar refractivity (Wildman–Crippen MR) is 38.9 cm³/mol. The summed E-state index contributed by atoms with van der Waals surface area (Å²) in [6, 6.07) is -1.12. The van der Waals surface area contributed by atoms with Crippen LogP contribution in [0, 0.1) is 0 Å². The summed E-state index contributed by atoms with van der Waals surface area (Å²) in [5.74, 6) is -1.20. The molecule has 11 heavy (non-hydrogen) atoms. The van der Waals surface area contributed by atoms with Crippen molar-refractivity contribution in [2.45, 2.75) is 18.9 Å².